The summed E-state index contributed by atoms with van der Waals surface area (Å²) in [5, 5.41) is 0. The Morgan fingerprint density at radius 1 is 0.703 bits per heavy atom. The van der Waals surface area contributed by atoms with Crippen LogP contribution in [0.5, 0.6) is 11.5 Å². The maximum absolute atomic E-state index is 14.6. The highest BCUT2D eigenvalue weighted by atomic mass is 19.3. The maximum atomic E-state index is 14.6. The fourth-order valence-corrected chi connectivity index (χ4v) is 3.93. The van der Waals surface area contributed by atoms with Gasteiger partial charge in [0.15, 0.2) is 17.4 Å². The summed E-state index contributed by atoms with van der Waals surface area (Å²) in [5.41, 5.74) is 2.87. The topological polar surface area (TPSA) is 18.5 Å². The van der Waals surface area contributed by atoms with E-state index in [1.54, 1.807) is 30.3 Å². The Kier molecular flexibility index (Phi) is 7.76. The Morgan fingerprint density at radius 3 is 1.81 bits per heavy atom. The van der Waals surface area contributed by atoms with E-state index in [9.17, 15) is 26.3 Å². The van der Waals surface area contributed by atoms with Crippen molar-refractivity contribution in [1.29, 1.82) is 0 Å². The molecule has 4 aromatic rings. The van der Waals surface area contributed by atoms with Crippen molar-refractivity contribution in [2.24, 2.45) is 0 Å². The first-order valence-corrected chi connectivity index (χ1v) is 11.5. The van der Waals surface area contributed by atoms with Crippen LogP contribution in [0.15, 0.2) is 78.9 Å². The molecule has 0 unspecified atom stereocenters. The van der Waals surface area contributed by atoms with Crippen LogP contribution < -0.4 is 9.47 Å². The van der Waals surface area contributed by atoms with Gasteiger partial charge in [-0.2, -0.15) is 8.78 Å². The SMILES string of the molecule is CCCc1ccc(-c2ccc(-c3ccc(C(F)(F)Oc4cc(F)c(OCF)c(F)c4)cc3)cc2)c(F)c1. The zero-order chi connectivity index (χ0) is 26.6. The van der Waals surface area contributed by atoms with Gasteiger partial charge in [-0.1, -0.05) is 61.9 Å². The Bertz CT molecular complexity index is 1350. The van der Waals surface area contributed by atoms with Crippen molar-refractivity contribution in [2.45, 2.75) is 25.9 Å². The molecule has 2 nitrogen and oxygen atoms in total. The van der Waals surface area contributed by atoms with Crippen LogP contribution >= 0.6 is 0 Å². The summed E-state index contributed by atoms with van der Waals surface area (Å²) < 4.78 is 92.5. The molecule has 0 aliphatic carbocycles. The lowest BCUT2D eigenvalue weighted by molar-refractivity contribution is -0.185. The van der Waals surface area contributed by atoms with E-state index in [1.807, 2.05) is 13.0 Å². The Morgan fingerprint density at radius 2 is 1.27 bits per heavy atom. The molecule has 37 heavy (non-hydrogen) atoms. The van der Waals surface area contributed by atoms with Crippen LogP contribution in [0.2, 0.25) is 0 Å². The summed E-state index contributed by atoms with van der Waals surface area (Å²) in [6, 6.07) is 18.3. The molecule has 0 fully saturated rings. The minimum absolute atomic E-state index is 0.311. The molecular weight excluding hydrogens is 494 g/mol. The molecule has 0 saturated carbocycles. The molecule has 0 saturated heterocycles. The molecule has 8 heteroatoms. The fourth-order valence-electron chi connectivity index (χ4n) is 3.93. The van der Waals surface area contributed by atoms with Crippen molar-refractivity contribution in [3.05, 3.63) is 107 Å². The van der Waals surface area contributed by atoms with Crippen molar-refractivity contribution in [1.82, 2.24) is 0 Å². The van der Waals surface area contributed by atoms with Gasteiger partial charge in [0.25, 0.3) is 0 Å². The molecule has 0 aliphatic heterocycles. The van der Waals surface area contributed by atoms with Crippen LogP contribution in [0.1, 0.15) is 24.5 Å². The van der Waals surface area contributed by atoms with Crippen molar-refractivity contribution in [3.63, 3.8) is 0 Å². The molecule has 4 rings (SSSR count). The Hall–Kier alpha value is -3.94. The molecule has 0 aliphatic rings. The maximum Gasteiger partial charge on any atom is 0.426 e. The second kappa shape index (κ2) is 11.0. The predicted octanol–water partition coefficient (Wildman–Crippen LogP) is 8.82. The quantitative estimate of drug-likeness (QED) is 0.207. The molecule has 0 heterocycles. The molecule has 0 bridgehead atoms. The largest absolute Gasteiger partial charge is 0.457 e. The van der Waals surface area contributed by atoms with E-state index in [0.717, 1.165) is 36.1 Å². The second-order valence-electron chi connectivity index (χ2n) is 8.31. The van der Waals surface area contributed by atoms with Crippen molar-refractivity contribution >= 4 is 0 Å². The zero-order valence-corrected chi connectivity index (χ0v) is 19.7. The van der Waals surface area contributed by atoms with Crippen LogP contribution in [-0.2, 0) is 12.5 Å². The van der Waals surface area contributed by atoms with Crippen LogP contribution in [0.25, 0.3) is 22.3 Å². The highest BCUT2D eigenvalue weighted by Gasteiger charge is 2.35. The van der Waals surface area contributed by atoms with Crippen molar-refractivity contribution < 1.29 is 35.8 Å². The fraction of sp³-hybridized carbons (Fsp3) is 0.172. The molecule has 0 aromatic heterocycles. The minimum Gasteiger partial charge on any atom is -0.457 e. The van der Waals surface area contributed by atoms with Crippen LogP contribution in [0.3, 0.4) is 0 Å². The lowest BCUT2D eigenvalue weighted by Crippen LogP contribution is -2.22. The van der Waals surface area contributed by atoms with Crippen LogP contribution in [-0.4, -0.2) is 6.86 Å². The average molecular weight is 516 g/mol. The first kappa shape index (κ1) is 26.1. The summed E-state index contributed by atoms with van der Waals surface area (Å²) in [4.78, 5) is 0. The molecule has 4 aromatic carbocycles. The number of alkyl halides is 3. The standard InChI is InChI=1S/C29H22F6O2/c1-2-3-18-4-13-24(25(31)14-18)21-7-5-19(6-8-21)20-9-11-22(12-10-20)29(34,35)37-23-15-26(32)28(36-17-30)27(33)16-23/h4-16H,2-3,17H2,1H3. The number of ether oxygens (including phenoxy) is 2. The van der Waals surface area contributed by atoms with Gasteiger partial charge in [0.2, 0.25) is 6.86 Å². The molecule has 0 atom stereocenters. The van der Waals surface area contributed by atoms with Gasteiger partial charge in [-0.15, -0.1) is 0 Å². The van der Waals surface area contributed by atoms with Gasteiger partial charge < -0.3 is 9.47 Å². The number of rotatable bonds is 9. The number of aryl methyl sites for hydroxylation is 1. The van der Waals surface area contributed by atoms with E-state index in [2.05, 4.69) is 9.47 Å². The first-order chi connectivity index (χ1) is 17.7. The number of hydrogen-bond acceptors (Lipinski definition) is 2. The van der Waals surface area contributed by atoms with Gasteiger partial charge in [-0.25, -0.2) is 17.6 Å². The smallest absolute Gasteiger partial charge is 0.426 e. The van der Waals surface area contributed by atoms with Gasteiger partial charge in [0, 0.05) is 17.7 Å². The Labute approximate surface area is 210 Å². The van der Waals surface area contributed by atoms with Crippen LogP contribution in [0, 0.1) is 17.5 Å². The van der Waals surface area contributed by atoms with E-state index in [4.69, 9.17) is 0 Å². The third-order valence-corrected chi connectivity index (χ3v) is 5.74. The normalized spacial score (nSPS) is 11.4. The molecular formula is C29H22F6O2. The number of halogens is 6. The van der Waals surface area contributed by atoms with E-state index < -0.39 is 41.7 Å². The molecule has 0 radical (unpaired) electrons. The summed E-state index contributed by atoms with van der Waals surface area (Å²) >= 11 is 0. The lowest BCUT2D eigenvalue weighted by atomic mass is 9.98. The van der Waals surface area contributed by atoms with Gasteiger partial charge in [0.05, 0.1) is 5.56 Å². The zero-order valence-electron chi connectivity index (χ0n) is 19.7. The molecule has 0 amide bonds. The van der Waals surface area contributed by atoms with Gasteiger partial charge in [-0.05, 0) is 46.9 Å². The highest BCUT2D eigenvalue weighted by molar-refractivity contribution is 5.71. The number of hydrogen-bond donors (Lipinski definition) is 0. The van der Waals surface area contributed by atoms with Gasteiger partial charge in [0.1, 0.15) is 11.6 Å². The number of benzene rings is 4. The van der Waals surface area contributed by atoms with Crippen LogP contribution in [0.4, 0.5) is 26.3 Å². The lowest BCUT2D eigenvalue weighted by Gasteiger charge is -2.19. The monoisotopic (exact) mass is 516 g/mol. The second-order valence-corrected chi connectivity index (χ2v) is 8.31. The van der Waals surface area contributed by atoms with Gasteiger partial charge in [-0.3, -0.25) is 0 Å². The van der Waals surface area contributed by atoms with E-state index in [-0.39, 0.29) is 5.82 Å². The predicted molar refractivity (Wildman–Crippen MR) is 129 cm³/mol. The van der Waals surface area contributed by atoms with E-state index >= 15 is 0 Å². The molecule has 0 spiro atoms. The summed E-state index contributed by atoms with van der Waals surface area (Å²) in [6.07, 6.45) is -2.19. The molecule has 0 N–H and O–H groups in total. The van der Waals surface area contributed by atoms with Gasteiger partial charge >= 0.3 is 6.11 Å². The van der Waals surface area contributed by atoms with Crippen molar-refractivity contribution in [2.75, 3.05) is 6.86 Å². The first-order valence-electron chi connectivity index (χ1n) is 11.5. The van der Waals surface area contributed by atoms with E-state index in [0.29, 0.717) is 28.8 Å². The van der Waals surface area contributed by atoms with Crippen molar-refractivity contribution in [3.8, 4) is 33.8 Å². The van der Waals surface area contributed by atoms with E-state index in [1.165, 1.54) is 18.2 Å². The summed E-state index contributed by atoms with van der Waals surface area (Å²) in [6.45, 7) is 0.543. The third kappa shape index (κ3) is 5.90. The average Bonchev–Trinajstić information content (AvgIpc) is 2.87. The summed E-state index contributed by atoms with van der Waals surface area (Å²) in [7, 11) is 0. The summed E-state index contributed by atoms with van der Waals surface area (Å²) in [5.74, 6) is -4.88. The molecule has 192 valence electrons. The minimum atomic E-state index is -3.91. The third-order valence-electron chi connectivity index (χ3n) is 5.74. The Balaban J connectivity index is 1.50. The highest BCUT2D eigenvalue weighted by Crippen LogP contribution is 2.36.